The van der Waals surface area contributed by atoms with Crippen LogP contribution in [0.3, 0.4) is 0 Å². The van der Waals surface area contributed by atoms with Gasteiger partial charge in [-0.05, 0) is 59.9 Å². The summed E-state index contributed by atoms with van der Waals surface area (Å²) in [6, 6.07) is 19.0. The molecule has 0 unspecified atom stereocenters. The van der Waals surface area contributed by atoms with Crippen molar-refractivity contribution in [3.8, 4) is 11.1 Å². The fourth-order valence-electron chi connectivity index (χ4n) is 6.29. The molecule has 0 atom stereocenters. The SMILES string of the molecule is C=CN1\C(=C/C=C(/C=C/c2n(CCCS(=O)(=O)O)c3cc(C(F)(F)F)ccc3[n+]2C=C)CC)N(CCCS(=O)(=O)O)c2cc(-c3ccccc3)ccc21. The van der Waals surface area contributed by atoms with Crippen LogP contribution < -0.4 is 14.4 Å². The number of halogens is 3. The van der Waals surface area contributed by atoms with Crippen molar-refractivity contribution in [1.82, 2.24) is 4.57 Å². The standard InChI is InChI=1S/C38H39F3N4O6S2/c1-4-28(15-21-37-43(6-3)33-19-17-31(38(39,40)41)27-35(33)45(37)23-11-25-53(49,50)51)14-20-36-42(5-2)32-18-16-30(29-12-8-7-9-13-29)26-34(32)44(36)22-10-24-52(46,47)48/h5-9,12-21,26-27H,2-4,10-11,22-25H2,1H3,(H-,46,47,48,49,50,51)/p+1. The molecule has 1 aliphatic rings. The van der Waals surface area contributed by atoms with E-state index >= 15 is 0 Å². The van der Waals surface area contributed by atoms with E-state index in [-0.39, 0.29) is 31.4 Å². The maximum atomic E-state index is 13.7. The quantitative estimate of drug-likeness (QED) is 0.0710. The molecule has 5 rings (SSSR count). The lowest BCUT2D eigenvalue weighted by Crippen LogP contribution is -2.29. The Hall–Kier alpha value is -4.96. The molecule has 280 valence electrons. The van der Waals surface area contributed by atoms with Crippen LogP contribution in [0.25, 0.3) is 34.4 Å². The van der Waals surface area contributed by atoms with Gasteiger partial charge in [0.25, 0.3) is 26.1 Å². The minimum absolute atomic E-state index is 0.0105. The molecule has 0 spiro atoms. The summed E-state index contributed by atoms with van der Waals surface area (Å²) in [5, 5.41) is 0. The number of rotatable bonds is 15. The third kappa shape index (κ3) is 9.35. The Morgan fingerprint density at radius 3 is 2.15 bits per heavy atom. The fourth-order valence-corrected chi connectivity index (χ4v) is 7.27. The maximum Gasteiger partial charge on any atom is 0.416 e. The van der Waals surface area contributed by atoms with Crippen LogP contribution in [0, 0.1) is 0 Å². The summed E-state index contributed by atoms with van der Waals surface area (Å²) in [5.74, 6) is 0.100. The molecule has 3 aromatic carbocycles. The lowest BCUT2D eigenvalue weighted by Gasteiger charge is -2.23. The Bertz CT molecular complexity index is 2330. The zero-order chi connectivity index (χ0) is 38.6. The molecule has 4 aromatic rings. The van der Waals surface area contributed by atoms with Gasteiger partial charge in [0, 0.05) is 31.3 Å². The van der Waals surface area contributed by atoms with E-state index < -0.39 is 43.5 Å². The summed E-state index contributed by atoms with van der Waals surface area (Å²) in [6.07, 6.45) is 6.35. The van der Waals surface area contributed by atoms with Crippen LogP contribution >= 0.6 is 0 Å². The Kier molecular flexibility index (Phi) is 11.8. The number of hydrogen-bond donors (Lipinski definition) is 2. The molecule has 1 aromatic heterocycles. The molecular weight excluding hydrogens is 730 g/mol. The highest BCUT2D eigenvalue weighted by atomic mass is 32.2. The van der Waals surface area contributed by atoms with E-state index in [1.807, 2.05) is 77.4 Å². The first-order chi connectivity index (χ1) is 25.0. The van der Waals surface area contributed by atoms with E-state index in [1.54, 1.807) is 27.5 Å². The Morgan fingerprint density at radius 1 is 0.868 bits per heavy atom. The van der Waals surface area contributed by atoms with Gasteiger partial charge in [0.15, 0.2) is 11.0 Å². The first-order valence-electron chi connectivity index (χ1n) is 16.7. The van der Waals surface area contributed by atoms with Gasteiger partial charge in [0.1, 0.15) is 5.82 Å². The van der Waals surface area contributed by atoms with Gasteiger partial charge in [-0.2, -0.15) is 34.6 Å². The van der Waals surface area contributed by atoms with Crippen molar-refractivity contribution in [3.63, 3.8) is 0 Å². The highest BCUT2D eigenvalue weighted by molar-refractivity contribution is 7.86. The van der Waals surface area contributed by atoms with Crippen molar-refractivity contribution in [3.05, 3.63) is 127 Å². The Morgan fingerprint density at radius 2 is 1.55 bits per heavy atom. The van der Waals surface area contributed by atoms with Crippen LogP contribution in [0.5, 0.6) is 0 Å². The molecule has 15 heteroatoms. The normalized spacial score (nSPS) is 14.8. The Labute approximate surface area is 307 Å². The molecule has 2 heterocycles. The summed E-state index contributed by atoms with van der Waals surface area (Å²) in [4.78, 5) is 3.83. The molecule has 0 bridgehead atoms. The second kappa shape index (κ2) is 16.0. The van der Waals surface area contributed by atoms with E-state index in [0.717, 1.165) is 40.2 Å². The van der Waals surface area contributed by atoms with Crippen molar-refractivity contribution >= 4 is 54.9 Å². The monoisotopic (exact) mass is 769 g/mol. The Balaban J connectivity index is 1.57. The van der Waals surface area contributed by atoms with Crippen LogP contribution in [-0.4, -0.2) is 48.6 Å². The summed E-state index contributed by atoms with van der Waals surface area (Å²) in [7, 11) is -8.50. The van der Waals surface area contributed by atoms with Gasteiger partial charge in [-0.25, -0.2) is 4.57 Å². The molecule has 0 saturated heterocycles. The van der Waals surface area contributed by atoms with Gasteiger partial charge in [-0.3, -0.25) is 9.11 Å². The zero-order valence-corrected chi connectivity index (χ0v) is 30.6. The van der Waals surface area contributed by atoms with Crippen molar-refractivity contribution in [2.24, 2.45) is 0 Å². The van der Waals surface area contributed by atoms with Gasteiger partial charge in [-0.15, -0.1) is 0 Å². The van der Waals surface area contributed by atoms with Crippen LogP contribution in [-0.2, 0) is 33.0 Å². The lowest BCUT2D eigenvalue weighted by molar-refractivity contribution is -0.542. The number of hydrogen-bond acceptors (Lipinski definition) is 6. The predicted molar refractivity (Wildman–Crippen MR) is 203 cm³/mol. The van der Waals surface area contributed by atoms with Crippen molar-refractivity contribution < 1.29 is 43.7 Å². The minimum Gasteiger partial charge on any atom is -0.326 e. The summed E-state index contributed by atoms with van der Waals surface area (Å²) >= 11 is 0. The molecule has 53 heavy (non-hydrogen) atoms. The molecule has 0 radical (unpaired) electrons. The molecule has 0 fully saturated rings. The minimum atomic E-state index is -4.61. The third-order valence-corrected chi connectivity index (χ3v) is 10.4. The number of aromatic nitrogens is 2. The topological polar surface area (TPSA) is 124 Å². The van der Waals surface area contributed by atoms with Gasteiger partial charge in [0.2, 0.25) is 0 Å². The van der Waals surface area contributed by atoms with Gasteiger partial charge >= 0.3 is 6.18 Å². The first kappa shape index (κ1) is 39.3. The largest absolute Gasteiger partial charge is 0.416 e. The van der Waals surface area contributed by atoms with Crippen molar-refractivity contribution in [2.75, 3.05) is 27.9 Å². The van der Waals surface area contributed by atoms with E-state index in [0.29, 0.717) is 23.6 Å². The van der Waals surface area contributed by atoms with Gasteiger partial charge in [-0.1, -0.05) is 68.6 Å². The number of anilines is 2. The predicted octanol–water partition coefficient (Wildman–Crippen LogP) is 7.93. The number of allylic oxidation sites excluding steroid dienone is 4. The smallest absolute Gasteiger partial charge is 0.326 e. The van der Waals surface area contributed by atoms with Crippen molar-refractivity contribution in [2.45, 2.75) is 38.9 Å². The maximum absolute atomic E-state index is 13.7. The number of aryl methyl sites for hydroxylation is 1. The summed E-state index contributed by atoms with van der Waals surface area (Å²) in [5.41, 5.74) is 4.15. The molecule has 0 saturated carbocycles. The average molecular weight is 770 g/mol. The first-order valence-corrected chi connectivity index (χ1v) is 19.9. The highest BCUT2D eigenvalue weighted by Crippen LogP contribution is 2.44. The third-order valence-electron chi connectivity index (χ3n) is 8.77. The molecule has 10 nitrogen and oxygen atoms in total. The molecule has 0 amide bonds. The number of fused-ring (bicyclic) bond motifs is 2. The number of nitrogens with zero attached hydrogens (tertiary/aromatic N) is 4. The van der Waals surface area contributed by atoms with Crippen LogP contribution in [0.4, 0.5) is 24.5 Å². The van der Waals surface area contributed by atoms with Crippen LogP contribution in [0.15, 0.2) is 116 Å². The lowest BCUT2D eigenvalue weighted by atomic mass is 10.0. The van der Waals surface area contributed by atoms with E-state index in [9.17, 15) is 39.1 Å². The number of imidazole rings is 1. The number of alkyl halides is 3. The zero-order valence-electron chi connectivity index (χ0n) is 28.9. The molecule has 1 aliphatic heterocycles. The summed E-state index contributed by atoms with van der Waals surface area (Å²) in [6.45, 7) is 10.0. The average Bonchev–Trinajstić information content (AvgIpc) is 3.57. The fraction of sp³-hybridized carbons (Fsp3) is 0.237. The second-order valence-electron chi connectivity index (χ2n) is 12.3. The number of benzene rings is 3. The van der Waals surface area contributed by atoms with E-state index in [2.05, 4.69) is 13.2 Å². The summed E-state index contributed by atoms with van der Waals surface area (Å²) < 4.78 is 109. The second-order valence-corrected chi connectivity index (χ2v) is 15.4. The van der Waals surface area contributed by atoms with Crippen molar-refractivity contribution in [1.29, 1.82) is 0 Å². The molecule has 0 aliphatic carbocycles. The highest BCUT2D eigenvalue weighted by Gasteiger charge is 2.33. The van der Waals surface area contributed by atoms with Gasteiger partial charge in [0.05, 0.1) is 41.2 Å². The van der Waals surface area contributed by atoms with Gasteiger partial charge < -0.3 is 9.80 Å². The van der Waals surface area contributed by atoms with E-state index in [1.165, 1.54) is 12.3 Å². The molecular formula is C38H40F3N4O6S2+. The molecule has 2 N–H and O–H groups in total. The van der Waals surface area contributed by atoms with Crippen LogP contribution in [0.2, 0.25) is 0 Å². The van der Waals surface area contributed by atoms with Crippen LogP contribution in [0.1, 0.15) is 37.6 Å². The van der Waals surface area contributed by atoms with E-state index in [4.69, 9.17) is 0 Å².